The van der Waals surface area contributed by atoms with Gasteiger partial charge in [-0.3, -0.25) is 4.79 Å². The standard InChI is InChI=1S/C9H17NO2/c1-8(2)7-10(12)5-3-9(11)4-6-10/h8H,3-7H2,1-2H3. The third-order valence-electron chi connectivity index (χ3n) is 2.29. The van der Waals surface area contributed by atoms with Crippen LogP contribution in [0.4, 0.5) is 0 Å². The van der Waals surface area contributed by atoms with E-state index in [9.17, 15) is 10.0 Å². The average Bonchev–Trinajstić information content (AvgIpc) is 1.94. The van der Waals surface area contributed by atoms with Crippen molar-refractivity contribution in [2.24, 2.45) is 5.92 Å². The molecule has 1 fully saturated rings. The molecule has 0 unspecified atom stereocenters. The second-order valence-electron chi connectivity index (χ2n) is 4.12. The minimum atomic E-state index is -0.149. The maximum absolute atomic E-state index is 11.9. The number of likely N-dealkylation sites (tertiary alicyclic amines) is 1. The second kappa shape index (κ2) is 3.54. The fourth-order valence-electron chi connectivity index (χ4n) is 1.74. The Bertz CT molecular complexity index is 167. The van der Waals surface area contributed by atoms with Gasteiger partial charge in [-0.2, -0.15) is 0 Å². The van der Waals surface area contributed by atoms with Crippen LogP contribution in [0.15, 0.2) is 0 Å². The van der Waals surface area contributed by atoms with Gasteiger partial charge in [0.15, 0.2) is 0 Å². The SMILES string of the molecule is CC(C)C[N+]1([O-])CCC(=O)CC1. The molecule has 0 N–H and O–H groups in total. The predicted octanol–water partition coefficient (Wildman–Crippen LogP) is 1.32. The summed E-state index contributed by atoms with van der Waals surface area (Å²) in [4.78, 5) is 10.9. The summed E-state index contributed by atoms with van der Waals surface area (Å²) in [5, 5.41) is 11.9. The van der Waals surface area contributed by atoms with Gasteiger partial charge in [-0.05, 0) is 0 Å². The summed E-state index contributed by atoms with van der Waals surface area (Å²) in [5.74, 6) is 0.680. The molecule has 0 amide bonds. The van der Waals surface area contributed by atoms with Gasteiger partial charge in [-0.15, -0.1) is 0 Å². The maximum atomic E-state index is 11.9. The highest BCUT2D eigenvalue weighted by molar-refractivity contribution is 5.79. The van der Waals surface area contributed by atoms with Crippen LogP contribution in [-0.2, 0) is 4.79 Å². The van der Waals surface area contributed by atoms with E-state index in [1.165, 1.54) is 0 Å². The summed E-state index contributed by atoms with van der Waals surface area (Å²) >= 11 is 0. The Morgan fingerprint density at radius 2 is 1.92 bits per heavy atom. The molecule has 0 aliphatic carbocycles. The van der Waals surface area contributed by atoms with Crippen LogP contribution in [0.2, 0.25) is 0 Å². The summed E-state index contributed by atoms with van der Waals surface area (Å²) < 4.78 is -0.149. The van der Waals surface area contributed by atoms with E-state index < -0.39 is 0 Å². The molecule has 1 heterocycles. The van der Waals surface area contributed by atoms with Gasteiger partial charge in [0.1, 0.15) is 5.78 Å². The van der Waals surface area contributed by atoms with Crippen LogP contribution in [0, 0.1) is 11.1 Å². The Balaban J connectivity index is 2.44. The highest BCUT2D eigenvalue weighted by Crippen LogP contribution is 2.17. The van der Waals surface area contributed by atoms with E-state index >= 15 is 0 Å². The monoisotopic (exact) mass is 171 g/mol. The number of Topliss-reactive ketones (excluding diaryl/α,β-unsaturated/α-hetero) is 1. The van der Waals surface area contributed by atoms with Crippen LogP contribution >= 0.6 is 0 Å². The molecule has 0 aromatic heterocycles. The van der Waals surface area contributed by atoms with E-state index in [4.69, 9.17) is 0 Å². The van der Waals surface area contributed by atoms with E-state index in [1.54, 1.807) is 0 Å². The van der Waals surface area contributed by atoms with Gasteiger partial charge in [0.05, 0.1) is 32.5 Å². The zero-order valence-corrected chi connectivity index (χ0v) is 7.88. The topological polar surface area (TPSA) is 40.1 Å². The van der Waals surface area contributed by atoms with Crippen molar-refractivity contribution in [3.8, 4) is 0 Å². The number of piperidine rings is 1. The van der Waals surface area contributed by atoms with Crippen molar-refractivity contribution in [2.45, 2.75) is 26.7 Å². The number of carbonyl (C=O) groups is 1. The average molecular weight is 171 g/mol. The number of carbonyl (C=O) groups excluding carboxylic acids is 1. The lowest BCUT2D eigenvalue weighted by Crippen LogP contribution is -2.50. The first kappa shape index (κ1) is 9.68. The van der Waals surface area contributed by atoms with Crippen LogP contribution in [0.3, 0.4) is 0 Å². The Kier molecular flexibility index (Phi) is 2.85. The number of ketones is 1. The van der Waals surface area contributed by atoms with Crippen molar-refractivity contribution in [1.82, 2.24) is 0 Å². The normalized spacial score (nSPS) is 23.2. The third kappa shape index (κ3) is 2.57. The number of hydrogen-bond donors (Lipinski definition) is 0. The van der Waals surface area contributed by atoms with Gasteiger partial charge in [-0.25, -0.2) is 0 Å². The number of quaternary nitrogens is 1. The Morgan fingerprint density at radius 1 is 1.42 bits per heavy atom. The largest absolute Gasteiger partial charge is 0.633 e. The van der Waals surface area contributed by atoms with E-state index in [-0.39, 0.29) is 10.4 Å². The molecule has 1 rings (SSSR count). The van der Waals surface area contributed by atoms with Gasteiger partial charge in [0.25, 0.3) is 0 Å². The van der Waals surface area contributed by atoms with Crippen molar-refractivity contribution in [3.05, 3.63) is 5.21 Å². The molecule has 0 aromatic rings. The van der Waals surface area contributed by atoms with Gasteiger partial charge in [-0.1, -0.05) is 13.8 Å². The van der Waals surface area contributed by atoms with Crippen LogP contribution < -0.4 is 0 Å². The summed E-state index contributed by atoms with van der Waals surface area (Å²) in [6.45, 7) is 5.75. The van der Waals surface area contributed by atoms with E-state index in [2.05, 4.69) is 0 Å². The zero-order chi connectivity index (χ0) is 9.19. The van der Waals surface area contributed by atoms with Gasteiger partial charge in [0.2, 0.25) is 0 Å². The fraction of sp³-hybridized carbons (Fsp3) is 0.889. The molecule has 1 aliphatic rings. The van der Waals surface area contributed by atoms with Crippen molar-refractivity contribution in [1.29, 1.82) is 0 Å². The minimum absolute atomic E-state index is 0.149. The van der Waals surface area contributed by atoms with E-state index in [0.717, 1.165) is 0 Å². The molecular formula is C9H17NO2. The van der Waals surface area contributed by atoms with Gasteiger partial charge < -0.3 is 9.85 Å². The Morgan fingerprint density at radius 3 is 2.33 bits per heavy atom. The maximum Gasteiger partial charge on any atom is 0.144 e. The number of hydroxylamine groups is 3. The Labute approximate surface area is 73.5 Å². The van der Waals surface area contributed by atoms with Crippen LogP contribution in [0.5, 0.6) is 0 Å². The molecule has 0 atom stereocenters. The molecule has 12 heavy (non-hydrogen) atoms. The second-order valence-corrected chi connectivity index (χ2v) is 4.12. The van der Waals surface area contributed by atoms with Crippen molar-refractivity contribution in [2.75, 3.05) is 19.6 Å². The molecule has 0 spiro atoms. The molecule has 0 bridgehead atoms. The molecule has 0 saturated carbocycles. The molecule has 70 valence electrons. The number of nitrogens with zero attached hydrogens (tertiary/aromatic N) is 1. The van der Waals surface area contributed by atoms with Gasteiger partial charge >= 0.3 is 0 Å². The highest BCUT2D eigenvalue weighted by atomic mass is 16.5. The minimum Gasteiger partial charge on any atom is -0.633 e. The Hall–Kier alpha value is -0.410. The molecule has 3 nitrogen and oxygen atoms in total. The van der Waals surface area contributed by atoms with Crippen LogP contribution in [0.25, 0.3) is 0 Å². The van der Waals surface area contributed by atoms with Crippen molar-refractivity contribution < 1.29 is 9.44 Å². The summed E-state index contributed by atoms with van der Waals surface area (Å²) in [6, 6.07) is 0. The predicted molar refractivity (Wildman–Crippen MR) is 47.3 cm³/mol. The molecule has 1 saturated heterocycles. The van der Waals surface area contributed by atoms with Gasteiger partial charge in [0, 0.05) is 5.92 Å². The van der Waals surface area contributed by atoms with Crippen molar-refractivity contribution in [3.63, 3.8) is 0 Å². The lowest BCUT2D eigenvalue weighted by atomic mass is 10.1. The lowest BCUT2D eigenvalue weighted by Gasteiger charge is -2.46. The molecule has 0 radical (unpaired) electrons. The smallest absolute Gasteiger partial charge is 0.144 e. The van der Waals surface area contributed by atoms with E-state index in [0.29, 0.717) is 38.4 Å². The summed E-state index contributed by atoms with van der Waals surface area (Å²) in [7, 11) is 0. The van der Waals surface area contributed by atoms with E-state index in [1.807, 2.05) is 13.8 Å². The first-order chi connectivity index (χ1) is 5.52. The first-order valence-electron chi connectivity index (χ1n) is 4.61. The quantitative estimate of drug-likeness (QED) is 0.464. The number of rotatable bonds is 2. The molecule has 0 aromatic carbocycles. The van der Waals surface area contributed by atoms with Crippen LogP contribution in [0.1, 0.15) is 26.7 Å². The van der Waals surface area contributed by atoms with Crippen molar-refractivity contribution >= 4 is 5.78 Å². The molecule has 1 aliphatic heterocycles. The molecular weight excluding hydrogens is 154 g/mol. The summed E-state index contributed by atoms with van der Waals surface area (Å²) in [6.07, 6.45) is 0.965. The molecule has 3 heteroatoms. The lowest BCUT2D eigenvalue weighted by molar-refractivity contribution is -0.884. The fourth-order valence-corrected chi connectivity index (χ4v) is 1.74. The zero-order valence-electron chi connectivity index (χ0n) is 7.88. The number of hydrogen-bond acceptors (Lipinski definition) is 2. The first-order valence-corrected chi connectivity index (χ1v) is 4.61. The third-order valence-corrected chi connectivity index (χ3v) is 2.29. The van der Waals surface area contributed by atoms with Crippen LogP contribution in [-0.4, -0.2) is 30.1 Å². The summed E-state index contributed by atoms with van der Waals surface area (Å²) in [5.41, 5.74) is 0. The highest BCUT2D eigenvalue weighted by Gasteiger charge is 2.25.